The number of hydrogen-bond donors (Lipinski definition) is 0. The highest BCUT2D eigenvalue weighted by Gasteiger charge is 2.46. The van der Waals surface area contributed by atoms with Crippen LogP contribution in [0.5, 0.6) is 11.5 Å². The molecular weight excluding hydrogens is 934 g/mol. The average molecular weight is 980 g/mol. The van der Waals surface area contributed by atoms with Gasteiger partial charge in [-0.05, 0) is 116 Å². The Labute approximate surface area is 447 Å². The first-order valence-electron chi connectivity index (χ1n) is 26.5. The minimum Gasteiger partial charge on any atom is -0.456 e. The number of aromatic nitrogens is 1. The number of anilines is 6. The molecule has 3 aliphatic heterocycles. The topological polar surface area (TPSA) is 20.6 Å². The quantitative estimate of drug-likeness (QED) is 0.160. The van der Waals surface area contributed by atoms with Gasteiger partial charge in [-0.1, -0.05) is 212 Å². The molecule has 12 aromatic carbocycles. The van der Waals surface area contributed by atoms with Gasteiger partial charge in [-0.15, -0.1) is 0 Å². The SMILES string of the molecule is c1ccc(-c2ccc(N3c4ccc(-c5ccccc5)cc4B4c5cc(-c6ccccc6)cc6c5N(c5ccccc5-c5ccccc5Oc5ccccc5-6)c5cc(-n6c7ccccc7c7ccccc76)cc3c54)cc2)cc1. The first-order valence-corrected chi connectivity index (χ1v) is 26.5. The fraction of sp³-hybridized carbons (Fsp3) is 0. The Morgan fingerprint density at radius 1 is 0.286 bits per heavy atom. The van der Waals surface area contributed by atoms with E-state index in [2.05, 4.69) is 293 Å². The molecule has 0 fully saturated rings. The van der Waals surface area contributed by atoms with E-state index in [-0.39, 0.29) is 6.71 Å². The van der Waals surface area contributed by atoms with Crippen molar-refractivity contribution in [1.29, 1.82) is 0 Å². The second-order valence-corrected chi connectivity index (χ2v) is 20.4. The maximum absolute atomic E-state index is 7.20. The number of nitrogens with zero attached hydrogens (tertiary/aromatic N) is 3. The van der Waals surface area contributed by atoms with Crippen molar-refractivity contribution in [1.82, 2.24) is 4.57 Å². The van der Waals surface area contributed by atoms with Crippen molar-refractivity contribution in [2.24, 2.45) is 0 Å². The van der Waals surface area contributed by atoms with Crippen LogP contribution in [0.15, 0.2) is 279 Å². The van der Waals surface area contributed by atoms with Crippen molar-refractivity contribution >= 4 is 79.0 Å². The molecule has 0 N–H and O–H groups in total. The third-order valence-corrected chi connectivity index (χ3v) is 16.1. The molecule has 16 rings (SSSR count). The summed E-state index contributed by atoms with van der Waals surface area (Å²) in [5, 5.41) is 2.44. The zero-order valence-electron chi connectivity index (χ0n) is 41.9. The summed E-state index contributed by atoms with van der Waals surface area (Å²) in [4.78, 5) is 5.16. The summed E-state index contributed by atoms with van der Waals surface area (Å²) in [6.07, 6.45) is 0. The zero-order chi connectivity index (χ0) is 50.6. The highest BCUT2D eigenvalue weighted by atomic mass is 16.5. The monoisotopic (exact) mass is 979 g/mol. The van der Waals surface area contributed by atoms with E-state index in [9.17, 15) is 0 Å². The Hall–Kier alpha value is -10.1. The van der Waals surface area contributed by atoms with Gasteiger partial charge in [0.15, 0.2) is 0 Å². The van der Waals surface area contributed by atoms with E-state index in [0.29, 0.717) is 0 Å². The summed E-state index contributed by atoms with van der Waals surface area (Å²) in [5.74, 6) is 1.61. The maximum atomic E-state index is 7.20. The number of hydrogen-bond acceptors (Lipinski definition) is 3. The molecule has 0 atom stereocenters. The third kappa shape index (κ3) is 6.74. The molecule has 358 valence electrons. The van der Waals surface area contributed by atoms with Gasteiger partial charge in [0.25, 0.3) is 6.71 Å². The largest absolute Gasteiger partial charge is 0.456 e. The molecular formula is C72H46BN3O. The lowest BCUT2D eigenvalue weighted by Crippen LogP contribution is -2.61. The highest BCUT2D eigenvalue weighted by Crippen LogP contribution is 2.54. The molecule has 0 aliphatic carbocycles. The van der Waals surface area contributed by atoms with Gasteiger partial charge in [-0.3, -0.25) is 0 Å². The molecule has 0 unspecified atom stereocenters. The van der Waals surface area contributed by atoms with Crippen LogP contribution in [-0.2, 0) is 0 Å². The van der Waals surface area contributed by atoms with E-state index in [0.717, 1.165) is 95.7 Å². The first kappa shape index (κ1) is 43.3. The van der Waals surface area contributed by atoms with Crippen molar-refractivity contribution in [3.05, 3.63) is 279 Å². The van der Waals surface area contributed by atoms with E-state index < -0.39 is 0 Å². The van der Waals surface area contributed by atoms with E-state index in [1.165, 1.54) is 49.4 Å². The third-order valence-electron chi connectivity index (χ3n) is 16.1. The molecule has 0 saturated heterocycles. The molecule has 3 aliphatic rings. The van der Waals surface area contributed by atoms with Crippen LogP contribution in [0.3, 0.4) is 0 Å². The Bertz CT molecular complexity index is 4440. The minimum absolute atomic E-state index is 0.199. The second-order valence-electron chi connectivity index (χ2n) is 20.4. The molecule has 0 saturated carbocycles. The lowest BCUT2D eigenvalue weighted by Gasteiger charge is -2.46. The summed E-state index contributed by atoms with van der Waals surface area (Å²) in [6, 6.07) is 102. The summed E-state index contributed by atoms with van der Waals surface area (Å²) in [5.41, 5.74) is 25.0. The van der Waals surface area contributed by atoms with E-state index in [4.69, 9.17) is 4.74 Å². The van der Waals surface area contributed by atoms with Crippen LogP contribution in [0.1, 0.15) is 0 Å². The lowest BCUT2D eigenvalue weighted by molar-refractivity contribution is 0.486. The van der Waals surface area contributed by atoms with Crippen molar-refractivity contribution in [3.8, 4) is 72.8 Å². The van der Waals surface area contributed by atoms with Crippen LogP contribution in [-0.4, -0.2) is 11.3 Å². The van der Waals surface area contributed by atoms with Crippen LogP contribution in [0.4, 0.5) is 34.1 Å². The summed E-state index contributed by atoms with van der Waals surface area (Å²) in [7, 11) is 0. The van der Waals surface area contributed by atoms with Gasteiger partial charge in [-0.2, -0.15) is 0 Å². The normalized spacial score (nSPS) is 12.7. The van der Waals surface area contributed by atoms with Gasteiger partial charge in [-0.25, -0.2) is 0 Å². The molecule has 77 heavy (non-hydrogen) atoms. The van der Waals surface area contributed by atoms with Crippen molar-refractivity contribution in [2.45, 2.75) is 0 Å². The summed E-state index contributed by atoms with van der Waals surface area (Å²) < 4.78 is 9.69. The number of para-hydroxylation sites is 5. The summed E-state index contributed by atoms with van der Waals surface area (Å²) in [6.45, 7) is -0.199. The molecule has 1 aromatic heterocycles. The number of benzene rings is 12. The maximum Gasteiger partial charge on any atom is 0.252 e. The van der Waals surface area contributed by atoms with Crippen molar-refractivity contribution in [2.75, 3.05) is 9.80 Å². The van der Waals surface area contributed by atoms with Crippen molar-refractivity contribution < 1.29 is 4.74 Å². The molecule has 0 bridgehead atoms. The summed E-state index contributed by atoms with van der Waals surface area (Å²) >= 11 is 0. The van der Waals surface area contributed by atoms with E-state index in [1.54, 1.807) is 0 Å². The second kappa shape index (κ2) is 17.2. The van der Waals surface area contributed by atoms with Gasteiger partial charge in [0.2, 0.25) is 0 Å². The number of rotatable bonds is 5. The van der Waals surface area contributed by atoms with E-state index in [1.807, 2.05) is 0 Å². The Kier molecular flexibility index (Phi) is 9.70. The predicted octanol–water partition coefficient (Wildman–Crippen LogP) is 17.3. The predicted molar refractivity (Wildman–Crippen MR) is 322 cm³/mol. The molecule has 13 aromatic rings. The van der Waals surface area contributed by atoms with Gasteiger partial charge in [0.1, 0.15) is 11.5 Å². The molecule has 0 amide bonds. The standard InChI is InChI=1S/C72H46BN3O/c1-4-20-47(21-5-1)50-36-39-53(40-37-50)74-66-41-38-51(48-22-6-2-7-23-48)43-61(66)73-62-44-52(49-24-8-3-9-25-49)42-60-59-30-14-19-35-70(59)77-69-34-18-13-29-58(69)57-28-12-17-33-65(57)76(72(60)62)68-46-54(45-67(74)71(68)73)75-63-31-15-10-26-55(63)56-27-11-16-32-64(56)75/h1-46H. The first-order chi connectivity index (χ1) is 38.2. The minimum atomic E-state index is -0.199. The Morgan fingerprint density at radius 2 is 0.766 bits per heavy atom. The van der Waals surface area contributed by atoms with Gasteiger partial charge < -0.3 is 19.1 Å². The van der Waals surface area contributed by atoms with Crippen LogP contribution < -0.4 is 30.9 Å². The fourth-order valence-electron chi connectivity index (χ4n) is 12.8. The highest BCUT2D eigenvalue weighted by molar-refractivity contribution is 7.00. The van der Waals surface area contributed by atoms with Crippen LogP contribution in [0.25, 0.3) is 83.1 Å². The zero-order valence-corrected chi connectivity index (χ0v) is 41.9. The molecule has 4 nitrogen and oxygen atoms in total. The van der Waals surface area contributed by atoms with Crippen LogP contribution in [0.2, 0.25) is 0 Å². The lowest BCUT2D eigenvalue weighted by atomic mass is 9.33. The molecule has 5 heteroatoms. The van der Waals surface area contributed by atoms with E-state index >= 15 is 0 Å². The van der Waals surface area contributed by atoms with Crippen LogP contribution in [0, 0.1) is 0 Å². The Morgan fingerprint density at radius 3 is 1.42 bits per heavy atom. The smallest absolute Gasteiger partial charge is 0.252 e. The number of fused-ring (bicyclic) bond motifs is 13. The van der Waals surface area contributed by atoms with Crippen molar-refractivity contribution in [3.63, 3.8) is 0 Å². The van der Waals surface area contributed by atoms with Gasteiger partial charge >= 0.3 is 0 Å². The number of ether oxygens (including phenoxy) is 1. The molecule has 0 radical (unpaired) electrons. The fourth-order valence-corrected chi connectivity index (χ4v) is 12.8. The molecule has 4 heterocycles. The molecule has 0 spiro atoms. The average Bonchev–Trinajstić information content (AvgIpc) is 3.92. The van der Waals surface area contributed by atoms with Gasteiger partial charge in [0, 0.05) is 61.5 Å². The van der Waals surface area contributed by atoms with Crippen LogP contribution >= 0.6 is 0 Å². The Balaban J connectivity index is 1.09. The van der Waals surface area contributed by atoms with Gasteiger partial charge in [0.05, 0.1) is 22.4 Å².